The summed E-state index contributed by atoms with van der Waals surface area (Å²) in [6, 6.07) is 8.87. The summed E-state index contributed by atoms with van der Waals surface area (Å²) >= 11 is 0. The molecule has 6 heteroatoms. The van der Waals surface area contributed by atoms with Crippen LogP contribution in [0.5, 0.6) is 0 Å². The Morgan fingerprint density at radius 1 is 1.12 bits per heavy atom. The number of halogens is 1. The van der Waals surface area contributed by atoms with Crippen LogP contribution in [0.3, 0.4) is 0 Å². The topological polar surface area (TPSA) is 54.9 Å². The van der Waals surface area contributed by atoms with Gasteiger partial charge in [-0.05, 0) is 37.8 Å². The Labute approximate surface area is 174 Å². The lowest BCUT2D eigenvalue weighted by atomic mass is 10.1. The highest BCUT2D eigenvalue weighted by atomic mass is 127. The summed E-state index contributed by atoms with van der Waals surface area (Å²) in [6.07, 6.45) is 6.57. The molecule has 0 spiro atoms. The molecule has 0 radical (unpaired) electrons. The molecule has 1 aliphatic rings. The molecule has 0 saturated carbocycles. The number of nitrogens with one attached hydrogen (secondary N) is 2. The molecule has 1 aromatic carbocycles. The van der Waals surface area contributed by atoms with E-state index in [0.29, 0.717) is 32.4 Å². The molecule has 2 N–H and O–H groups in total. The van der Waals surface area contributed by atoms with Crippen LogP contribution in [0.15, 0.2) is 41.4 Å². The third-order valence-electron chi connectivity index (χ3n) is 3.95. The molecule has 0 saturated heterocycles. The molecule has 1 aliphatic carbocycles. The van der Waals surface area contributed by atoms with Gasteiger partial charge in [0, 0.05) is 19.2 Å². The van der Waals surface area contributed by atoms with E-state index >= 15 is 0 Å². The summed E-state index contributed by atoms with van der Waals surface area (Å²) in [7, 11) is 0. The SMILES string of the molecule is CCNC(=NCc1cccc(COCCOCC)c1)NC1CC=CC1.I. The molecule has 0 atom stereocenters. The van der Waals surface area contributed by atoms with Crippen molar-refractivity contribution in [1.82, 2.24) is 10.6 Å². The molecule has 0 heterocycles. The van der Waals surface area contributed by atoms with Gasteiger partial charge in [0.2, 0.25) is 0 Å². The predicted octanol–water partition coefficient (Wildman–Crippen LogP) is 3.63. The van der Waals surface area contributed by atoms with Crippen LogP contribution in [-0.4, -0.2) is 38.4 Å². The van der Waals surface area contributed by atoms with Gasteiger partial charge in [0.15, 0.2) is 5.96 Å². The zero-order valence-electron chi connectivity index (χ0n) is 15.9. The van der Waals surface area contributed by atoms with Gasteiger partial charge in [0.1, 0.15) is 0 Å². The Hall–Kier alpha value is -1.12. The Bertz CT molecular complexity index is 556. The summed E-state index contributed by atoms with van der Waals surface area (Å²) in [5.41, 5.74) is 2.36. The minimum absolute atomic E-state index is 0. The second kappa shape index (κ2) is 14.0. The van der Waals surface area contributed by atoms with E-state index in [2.05, 4.69) is 54.0 Å². The van der Waals surface area contributed by atoms with E-state index in [4.69, 9.17) is 14.5 Å². The molecule has 26 heavy (non-hydrogen) atoms. The first-order valence-corrected chi connectivity index (χ1v) is 9.25. The van der Waals surface area contributed by atoms with Crippen LogP contribution in [0.1, 0.15) is 37.8 Å². The van der Waals surface area contributed by atoms with E-state index in [9.17, 15) is 0 Å². The monoisotopic (exact) mass is 473 g/mol. The van der Waals surface area contributed by atoms with Gasteiger partial charge in [-0.25, -0.2) is 4.99 Å². The highest BCUT2D eigenvalue weighted by Gasteiger charge is 2.11. The van der Waals surface area contributed by atoms with Crippen molar-refractivity contribution in [3.63, 3.8) is 0 Å². The van der Waals surface area contributed by atoms with Crippen molar-refractivity contribution in [2.45, 2.75) is 45.9 Å². The van der Waals surface area contributed by atoms with Crippen molar-refractivity contribution in [2.24, 2.45) is 4.99 Å². The lowest BCUT2D eigenvalue weighted by molar-refractivity contribution is 0.0453. The van der Waals surface area contributed by atoms with Crippen LogP contribution < -0.4 is 10.6 Å². The summed E-state index contributed by atoms with van der Waals surface area (Å²) in [4.78, 5) is 4.71. The first kappa shape index (κ1) is 22.9. The molecule has 0 unspecified atom stereocenters. The van der Waals surface area contributed by atoms with Crippen molar-refractivity contribution in [2.75, 3.05) is 26.4 Å². The van der Waals surface area contributed by atoms with Crippen LogP contribution in [0.2, 0.25) is 0 Å². The third kappa shape index (κ3) is 9.00. The van der Waals surface area contributed by atoms with Crippen LogP contribution in [0.25, 0.3) is 0 Å². The largest absolute Gasteiger partial charge is 0.379 e. The first-order valence-electron chi connectivity index (χ1n) is 9.25. The average molecular weight is 473 g/mol. The number of hydrogen-bond donors (Lipinski definition) is 2. The van der Waals surface area contributed by atoms with Crippen molar-refractivity contribution in [3.8, 4) is 0 Å². The standard InChI is InChI=1S/C20H31N3O2.HI/c1-3-21-20(23-19-10-5-6-11-19)22-15-17-8-7-9-18(14-17)16-25-13-12-24-4-2;/h5-9,14,19H,3-4,10-13,15-16H2,1-2H3,(H2,21,22,23);1H. The molecule has 0 aromatic heterocycles. The van der Waals surface area contributed by atoms with Crippen LogP contribution in [0, 0.1) is 0 Å². The van der Waals surface area contributed by atoms with Gasteiger partial charge in [-0.1, -0.05) is 36.4 Å². The molecule has 1 aromatic rings. The van der Waals surface area contributed by atoms with E-state index in [1.54, 1.807) is 0 Å². The van der Waals surface area contributed by atoms with Gasteiger partial charge >= 0.3 is 0 Å². The Morgan fingerprint density at radius 3 is 2.58 bits per heavy atom. The Morgan fingerprint density at radius 2 is 1.85 bits per heavy atom. The summed E-state index contributed by atoms with van der Waals surface area (Å²) in [5.74, 6) is 0.884. The molecule has 0 amide bonds. The van der Waals surface area contributed by atoms with Crippen molar-refractivity contribution < 1.29 is 9.47 Å². The fourth-order valence-corrected chi connectivity index (χ4v) is 2.69. The van der Waals surface area contributed by atoms with Crippen LogP contribution >= 0.6 is 24.0 Å². The number of ether oxygens (including phenoxy) is 2. The summed E-state index contributed by atoms with van der Waals surface area (Å²) < 4.78 is 10.9. The lowest BCUT2D eigenvalue weighted by Crippen LogP contribution is -2.42. The highest BCUT2D eigenvalue weighted by Crippen LogP contribution is 2.10. The highest BCUT2D eigenvalue weighted by molar-refractivity contribution is 14.0. The maximum atomic E-state index is 5.64. The second-order valence-electron chi connectivity index (χ2n) is 6.05. The third-order valence-corrected chi connectivity index (χ3v) is 3.95. The van der Waals surface area contributed by atoms with Crippen molar-refractivity contribution >= 4 is 29.9 Å². The zero-order chi connectivity index (χ0) is 17.7. The summed E-state index contributed by atoms with van der Waals surface area (Å²) in [6.45, 7) is 8.21. The molecule has 0 bridgehead atoms. The maximum Gasteiger partial charge on any atom is 0.191 e. The van der Waals surface area contributed by atoms with Crippen molar-refractivity contribution in [3.05, 3.63) is 47.5 Å². The van der Waals surface area contributed by atoms with Crippen LogP contribution in [-0.2, 0) is 22.6 Å². The fourth-order valence-electron chi connectivity index (χ4n) is 2.69. The van der Waals surface area contributed by atoms with Gasteiger partial charge in [0.05, 0.1) is 26.4 Å². The van der Waals surface area contributed by atoms with E-state index in [-0.39, 0.29) is 24.0 Å². The number of aliphatic imine (C=N–C) groups is 1. The molecule has 2 rings (SSSR count). The fraction of sp³-hybridized carbons (Fsp3) is 0.550. The quantitative estimate of drug-likeness (QED) is 0.179. The van der Waals surface area contributed by atoms with Crippen LogP contribution in [0.4, 0.5) is 0 Å². The van der Waals surface area contributed by atoms with Gasteiger partial charge in [-0.2, -0.15) is 0 Å². The number of hydrogen-bond acceptors (Lipinski definition) is 3. The molecule has 5 nitrogen and oxygen atoms in total. The Balaban J connectivity index is 0.00000338. The van der Waals surface area contributed by atoms with E-state index in [1.165, 1.54) is 11.1 Å². The molecule has 0 aliphatic heterocycles. The number of guanidine groups is 1. The Kier molecular flexibility index (Phi) is 12.3. The normalized spacial score (nSPS) is 14.3. The number of nitrogens with zero attached hydrogens (tertiary/aromatic N) is 1. The summed E-state index contributed by atoms with van der Waals surface area (Å²) in [5, 5.41) is 6.81. The van der Waals surface area contributed by atoms with Crippen molar-refractivity contribution in [1.29, 1.82) is 0 Å². The number of benzene rings is 1. The predicted molar refractivity (Wildman–Crippen MR) is 118 cm³/mol. The smallest absolute Gasteiger partial charge is 0.191 e. The molecule has 146 valence electrons. The minimum atomic E-state index is 0. The minimum Gasteiger partial charge on any atom is -0.379 e. The zero-order valence-corrected chi connectivity index (χ0v) is 18.2. The average Bonchev–Trinajstić information content (AvgIpc) is 3.13. The van der Waals surface area contributed by atoms with E-state index in [1.807, 2.05) is 6.92 Å². The molecular formula is C20H32IN3O2. The first-order chi connectivity index (χ1) is 12.3. The van der Waals surface area contributed by atoms with Gasteiger partial charge in [-0.3, -0.25) is 0 Å². The molecular weight excluding hydrogens is 441 g/mol. The maximum absolute atomic E-state index is 5.64. The van der Waals surface area contributed by atoms with Gasteiger partial charge in [-0.15, -0.1) is 24.0 Å². The second-order valence-corrected chi connectivity index (χ2v) is 6.05. The van der Waals surface area contributed by atoms with Gasteiger partial charge < -0.3 is 20.1 Å². The van der Waals surface area contributed by atoms with E-state index in [0.717, 1.165) is 32.0 Å². The van der Waals surface area contributed by atoms with Gasteiger partial charge in [0.25, 0.3) is 0 Å². The lowest BCUT2D eigenvalue weighted by Gasteiger charge is -2.16. The van der Waals surface area contributed by atoms with E-state index < -0.39 is 0 Å². The number of rotatable bonds is 10. The molecule has 0 fully saturated rings.